The molecule has 26 heavy (non-hydrogen) atoms. The lowest BCUT2D eigenvalue weighted by Crippen LogP contribution is -2.29. The Morgan fingerprint density at radius 3 is 2.73 bits per heavy atom. The molecule has 0 spiro atoms. The number of carbonyl (C=O) groups is 2. The van der Waals surface area contributed by atoms with Crippen molar-refractivity contribution in [1.82, 2.24) is 4.90 Å². The quantitative estimate of drug-likeness (QED) is 0.474. The number of hydrogen-bond acceptors (Lipinski definition) is 5. The van der Waals surface area contributed by atoms with Gasteiger partial charge in [-0.15, -0.1) is 0 Å². The number of ether oxygens (including phenoxy) is 1. The Morgan fingerprint density at radius 1 is 1.19 bits per heavy atom. The predicted octanol–water partition coefficient (Wildman–Crippen LogP) is 5.33. The molecule has 0 bridgehead atoms. The first kappa shape index (κ1) is 19.0. The van der Waals surface area contributed by atoms with Gasteiger partial charge in [-0.05, 0) is 48.5 Å². The molecule has 8 heteroatoms. The van der Waals surface area contributed by atoms with Crippen molar-refractivity contribution in [2.24, 2.45) is 0 Å². The van der Waals surface area contributed by atoms with Crippen LogP contribution in [0.15, 0.2) is 39.7 Å². The van der Waals surface area contributed by atoms with Crippen molar-refractivity contribution in [3.8, 4) is 11.3 Å². The van der Waals surface area contributed by atoms with E-state index < -0.39 is 0 Å². The van der Waals surface area contributed by atoms with E-state index in [0.29, 0.717) is 46.0 Å². The first-order valence-electron chi connectivity index (χ1n) is 7.79. The summed E-state index contributed by atoms with van der Waals surface area (Å²) in [7, 11) is 1.58. The third-order valence-electron chi connectivity index (χ3n) is 3.71. The maximum Gasteiger partial charge on any atom is 0.293 e. The highest BCUT2D eigenvalue weighted by Crippen LogP contribution is 2.34. The number of furan rings is 1. The van der Waals surface area contributed by atoms with E-state index in [1.807, 2.05) is 0 Å². The second kappa shape index (κ2) is 8.31. The maximum absolute atomic E-state index is 12.4. The van der Waals surface area contributed by atoms with Crippen molar-refractivity contribution in [1.29, 1.82) is 0 Å². The van der Waals surface area contributed by atoms with Gasteiger partial charge in [0.05, 0.1) is 15.0 Å². The number of rotatable bonds is 6. The zero-order valence-corrected chi connectivity index (χ0v) is 16.2. The molecule has 1 saturated heterocycles. The maximum atomic E-state index is 12.4. The molecule has 2 aromatic rings. The molecule has 3 rings (SSSR count). The Hall–Kier alpha value is -1.73. The first-order chi connectivity index (χ1) is 12.5. The summed E-state index contributed by atoms with van der Waals surface area (Å²) in [6, 6.07) is 8.69. The number of benzene rings is 1. The summed E-state index contributed by atoms with van der Waals surface area (Å²) in [6.45, 7) is 0.828. The SMILES string of the molecule is COCCCN1C(=O)S/C(=C\c2ccc(-c3ccc(Cl)c(Cl)c3)o2)C1=O. The van der Waals surface area contributed by atoms with Gasteiger partial charge < -0.3 is 9.15 Å². The third-order valence-corrected chi connectivity index (χ3v) is 5.35. The van der Waals surface area contributed by atoms with E-state index >= 15 is 0 Å². The Labute approximate surface area is 164 Å². The lowest BCUT2D eigenvalue weighted by atomic mass is 10.2. The molecule has 0 unspecified atom stereocenters. The minimum atomic E-state index is -0.316. The molecule has 136 valence electrons. The van der Waals surface area contributed by atoms with Crippen LogP contribution in [0.25, 0.3) is 17.4 Å². The Bertz CT molecular complexity index is 878. The molecule has 0 saturated carbocycles. The van der Waals surface area contributed by atoms with E-state index in [-0.39, 0.29) is 11.1 Å². The van der Waals surface area contributed by atoms with Crippen LogP contribution in [-0.2, 0) is 9.53 Å². The summed E-state index contributed by atoms with van der Waals surface area (Å²) in [4.78, 5) is 25.9. The number of nitrogens with zero attached hydrogens (tertiary/aromatic N) is 1. The van der Waals surface area contributed by atoms with Crippen molar-refractivity contribution in [3.05, 3.63) is 51.0 Å². The van der Waals surface area contributed by atoms with E-state index in [2.05, 4.69) is 0 Å². The van der Waals surface area contributed by atoms with Crippen LogP contribution in [0.1, 0.15) is 12.2 Å². The Balaban J connectivity index is 1.76. The topological polar surface area (TPSA) is 59.8 Å². The summed E-state index contributed by atoms with van der Waals surface area (Å²) in [5.41, 5.74) is 0.770. The van der Waals surface area contributed by atoms with Gasteiger partial charge in [-0.3, -0.25) is 14.5 Å². The van der Waals surface area contributed by atoms with Gasteiger partial charge in [-0.25, -0.2) is 0 Å². The molecule has 0 aliphatic carbocycles. The average molecular weight is 412 g/mol. The summed E-state index contributed by atoms with van der Waals surface area (Å²) in [5.74, 6) is 0.756. The van der Waals surface area contributed by atoms with Crippen molar-refractivity contribution in [2.75, 3.05) is 20.3 Å². The highest BCUT2D eigenvalue weighted by molar-refractivity contribution is 8.18. The molecule has 1 aliphatic rings. The summed E-state index contributed by atoms with van der Waals surface area (Å²) in [5, 5.41) is 0.609. The number of hydrogen-bond donors (Lipinski definition) is 0. The van der Waals surface area contributed by atoms with Gasteiger partial charge in [0.15, 0.2) is 0 Å². The lowest BCUT2D eigenvalue weighted by molar-refractivity contribution is -0.122. The zero-order valence-electron chi connectivity index (χ0n) is 13.8. The highest BCUT2D eigenvalue weighted by atomic mass is 35.5. The molecule has 2 amide bonds. The molecule has 5 nitrogen and oxygen atoms in total. The van der Waals surface area contributed by atoms with Crippen LogP contribution >= 0.6 is 35.0 Å². The van der Waals surface area contributed by atoms with Crippen LogP contribution in [0.4, 0.5) is 4.79 Å². The van der Waals surface area contributed by atoms with Gasteiger partial charge in [0.25, 0.3) is 11.1 Å². The molecule has 1 aromatic heterocycles. The van der Waals surface area contributed by atoms with Gasteiger partial charge in [0.2, 0.25) is 0 Å². The second-order valence-electron chi connectivity index (χ2n) is 5.51. The molecule has 1 fully saturated rings. The standard InChI is InChI=1S/C18H15Cl2NO4S/c1-24-8-2-7-21-17(22)16(26-18(21)23)10-12-4-6-15(25-12)11-3-5-13(19)14(20)9-11/h3-6,9-10H,2,7-8H2,1H3/b16-10-. The van der Waals surface area contributed by atoms with Gasteiger partial charge in [0, 0.05) is 31.9 Å². The fourth-order valence-corrected chi connectivity index (χ4v) is 3.57. The lowest BCUT2D eigenvalue weighted by Gasteiger charge is -2.11. The van der Waals surface area contributed by atoms with Crippen molar-refractivity contribution in [2.45, 2.75) is 6.42 Å². The zero-order chi connectivity index (χ0) is 18.7. The van der Waals surface area contributed by atoms with Crippen molar-refractivity contribution >= 4 is 52.2 Å². The molecule has 2 heterocycles. The van der Waals surface area contributed by atoms with E-state index in [0.717, 1.165) is 17.3 Å². The van der Waals surface area contributed by atoms with Crippen LogP contribution in [0, 0.1) is 0 Å². The molecule has 0 atom stereocenters. The molecule has 1 aliphatic heterocycles. The van der Waals surface area contributed by atoms with Crippen LogP contribution in [0.3, 0.4) is 0 Å². The normalized spacial score (nSPS) is 16.1. The van der Waals surface area contributed by atoms with Crippen LogP contribution in [0.5, 0.6) is 0 Å². The van der Waals surface area contributed by atoms with E-state index in [4.69, 9.17) is 32.4 Å². The average Bonchev–Trinajstić information content (AvgIpc) is 3.18. The Morgan fingerprint density at radius 2 is 2.00 bits per heavy atom. The van der Waals surface area contributed by atoms with Gasteiger partial charge in [-0.1, -0.05) is 23.2 Å². The van der Waals surface area contributed by atoms with E-state index in [1.165, 1.54) is 4.90 Å². The summed E-state index contributed by atoms with van der Waals surface area (Å²) >= 11 is 12.8. The minimum absolute atomic E-state index is 0.284. The highest BCUT2D eigenvalue weighted by Gasteiger charge is 2.34. The predicted molar refractivity (Wildman–Crippen MR) is 103 cm³/mol. The summed E-state index contributed by atoms with van der Waals surface area (Å²) in [6.07, 6.45) is 2.17. The Kier molecular flexibility index (Phi) is 6.09. The molecule has 1 aromatic carbocycles. The number of imide groups is 1. The molecular weight excluding hydrogens is 397 g/mol. The van der Waals surface area contributed by atoms with Crippen LogP contribution < -0.4 is 0 Å². The number of carbonyl (C=O) groups excluding carboxylic acids is 2. The molecule has 0 radical (unpaired) electrons. The fourth-order valence-electron chi connectivity index (χ4n) is 2.42. The fraction of sp³-hybridized carbons (Fsp3) is 0.222. The molecular formula is C18H15Cl2NO4S. The number of amides is 2. The first-order valence-corrected chi connectivity index (χ1v) is 9.36. The monoisotopic (exact) mass is 411 g/mol. The van der Waals surface area contributed by atoms with Gasteiger partial charge in [0.1, 0.15) is 11.5 Å². The number of methoxy groups -OCH3 is 1. The number of thioether (sulfide) groups is 1. The van der Waals surface area contributed by atoms with Crippen LogP contribution in [-0.4, -0.2) is 36.3 Å². The third kappa shape index (κ3) is 4.15. The van der Waals surface area contributed by atoms with Crippen molar-refractivity contribution < 1.29 is 18.7 Å². The van der Waals surface area contributed by atoms with Gasteiger partial charge in [-0.2, -0.15) is 0 Å². The van der Waals surface area contributed by atoms with Crippen LogP contribution in [0.2, 0.25) is 10.0 Å². The minimum Gasteiger partial charge on any atom is -0.457 e. The summed E-state index contributed by atoms with van der Waals surface area (Å²) < 4.78 is 10.7. The van der Waals surface area contributed by atoms with E-state index in [9.17, 15) is 9.59 Å². The second-order valence-corrected chi connectivity index (χ2v) is 7.32. The van der Waals surface area contributed by atoms with Crippen molar-refractivity contribution in [3.63, 3.8) is 0 Å². The largest absolute Gasteiger partial charge is 0.457 e. The molecule has 0 N–H and O–H groups in total. The smallest absolute Gasteiger partial charge is 0.293 e. The number of halogens is 2. The van der Waals surface area contributed by atoms with E-state index in [1.54, 1.807) is 43.5 Å². The van der Waals surface area contributed by atoms with Gasteiger partial charge >= 0.3 is 0 Å².